The molecule has 114 valence electrons. The Balaban J connectivity index is 2.45. The van der Waals surface area contributed by atoms with Crippen molar-refractivity contribution >= 4 is 0 Å². The van der Waals surface area contributed by atoms with Crippen LogP contribution in [-0.2, 0) is 9.47 Å². The molecule has 0 saturated carbocycles. The zero-order chi connectivity index (χ0) is 15.2. The Hall–Kier alpha value is -0.860. The molecule has 0 atom stereocenters. The van der Waals surface area contributed by atoms with Crippen molar-refractivity contribution in [1.82, 2.24) is 0 Å². The molecule has 0 aromatic rings. The maximum Gasteiger partial charge on any atom is 0.185 e. The molecule has 2 heteroatoms. The second-order valence-electron chi connectivity index (χ2n) is 6.95. The van der Waals surface area contributed by atoms with E-state index in [-0.39, 0.29) is 5.41 Å². The van der Waals surface area contributed by atoms with E-state index in [2.05, 4.69) is 52.8 Å². The summed E-state index contributed by atoms with van der Waals surface area (Å²) < 4.78 is 11.7. The van der Waals surface area contributed by atoms with E-state index in [1.165, 1.54) is 11.1 Å². The molecular weight excluding hydrogens is 248 g/mol. The second-order valence-corrected chi connectivity index (χ2v) is 6.95. The monoisotopic (exact) mass is 278 g/mol. The summed E-state index contributed by atoms with van der Waals surface area (Å²) in [5.41, 5.74) is 2.87. The third kappa shape index (κ3) is 6.53. The third-order valence-electron chi connectivity index (χ3n) is 3.37. The van der Waals surface area contributed by atoms with Gasteiger partial charge in [0.25, 0.3) is 0 Å². The van der Waals surface area contributed by atoms with E-state index in [0.717, 1.165) is 26.1 Å². The number of hydrogen-bond donors (Lipinski definition) is 0. The van der Waals surface area contributed by atoms with Crippen molar-refractivity contribution in [2.75, 3.05) is 13.2 Å². The van der Waals surface area contributed by atoms with Crippen LogP contribution in [0.3, 0.4) is 0 Å². The molecule has 20 heavy (non-hydrogen) atoms. The van der Waals surface area contributed by atoms with Gasteiger partial charge in [0.05, 0.1) is 13.2 Å². The van der Waals surface area contributed by atoms with Gasteiger partial charge in [-0.15, -0.1) is 0 Å². The quantitative estimate of drug-likeness (QED) is 0.519. The van der Waals surface area contributed by atoms with Gasteiger partial charge in [-0.1, -0.05) is 43.2 Å². The minimum atomic E-state index is -0.577. The van der Waals surface area contributed by atoms with Crippen LogP contribution in [0.2, 0.25) is 0 Å². The number of hydrogen-bond acceptors (Lipinski definition) is 2. The fourth-order valence-corrected chi connectivity index (χ4v) is 1.92. The fourth-order valence-electron chi connectivity index (χ4n) is 1.92. The summed E-state index contributed by atoms with van der Waals surface area (Å²) in [6, 6.07) is 0. The van der Waals surface area contributed by atoms with Gasteiger partial charge >= 0.3 is 0 Å². The van der Waals surface area contributed by atoms with Crippen molar-refractivity contribution in [3.05, 3.63) is 35.5 Å². The summed E-state index contributed by atoms with van der Waals surface area (Å²) in [7, 11) is 0. The van der Waals surface area contributed by atoms with Gasteiger partial charge < -0.3 is 9.47 Å². The van der Waals surface area contributed by atoms with Gasteiger partial charge in [0, 0.05) is 5.41 Å². The summed E-state index contributed by atoms with van der Waals surface area (Å²) in [5.74, 6) is -0.577. The Bertz CT molecular complexity index is 386. The van der Waals surface area contributed by atoms with Gasteiger partial charge in [0.1, 0.15) is 0 Å². The first-order valence-corrected chi connectivity index (χ1v) is 7.49. The molecule has 0 aromatic heterocycles. The molecule has 0 amide bonds. The predicted molar refractivity (Wildman–Crippen MR) is 85.7 cm³/mol. The molecule has 0 bridgehead atoms. The van der Waals surface area contributed by atoms with Crippen LogP contribution < -0.4 is 0 Å². The normalized spacial score (nSPS) is 22.0. The number of allylic oxidation sites excluding steroid dienone is 5. The van der Waals surface area contributed by atoms with Crippen LogP contribution in [0, 0.1) is 5.41 Å². The predicted octanol–water partition coefficient (Wildman–Crippen LogP) is 5.02. The highest BCUT2D eigenvalue weighted by Crippen LogP contribution is 2.29. The molecule has 0 aliphatic carbocycles. The van der Waals surface area contributed by atoms with Crippen LogP contribution in [0.4, 0.5) is 0 Å². The third-order valence-corrected chi connectivity index (χ3v) is 3.37. The number of ether oxygens (including phenoxy) is 2. The van der Waals surface area contributed by atoms with Crippen molar-refractivity contribution in [3.8, 4) is 0 Å². The lowest BCUT2D eigenvalue weighted by atomic mass is 9.95. The van der Waals surface area contributed by atoms with Crippen LogP contribution in [0.25, 0.3) is 0 Å². The van der Waals surface area contributed by atoms with E-state index >= 15 is 0 Å². The fraction of sp³-hybridized carbons (Fsp3) is 0.667. The lowest BCUT2D eigenvalue weighted by Crippen LogP contribution is -2.44. The Morgan fingerprint density at radius 2 is 1.65 bits per heavy atom. The van der Waals surface area contributed by atoms with Crippen LogP contribution in [0.1, 0.15) is 54.4 Å². The van der Waals surface area contributed by atoms with Crippen LogP contribution in [0.5, 0.6) is 0 Å². The van der Waals surface area contributed by atoms with Gasteiger partial charge in [-0.25, -0.2) is 0 Å². The molecule has 1 saturated heterocycles. The molecule has 1 aliphatic heterocycles. The topological polar surface area (TPSA) is 18.5 Å². The lowest BCUT2D eigenvalue weighted by Gasteiger charge is -2.39. The van der Waals surface area contributed by atoms with E-state index in [1.807, 2.05) is 13.0 Å². The van der Waals surface area contributed by atoms with Gasteiger partial charge in [-0.2, -0.15) is 0 Å². The molecule has 0 aromatic carbocycles. The molecule has 1 aliphatic rings. The summed E-state index contributed by atoms with van der Waals surface area (Å²) in [6.45, 7) is 14.2. The van der Waals surface area contributed by atoms with E-state index in [1.54, 1.807) is 0 Å². The van der Waals surface area contributed by atoms with Gasteiger partial charge in [0.2, 0.25) is 0 Å². The van der Waals surface area contributed by atoms with Gasteiger partial charge in [-0.3, -0.25) is 0 Å². The highest BCUT2D eigenvalue weighted by atomic mass is 16.7. The Morgan fingerprint density at radius 3 is 2.20 bits per heavy atom. The first kappa shape index (κ1) is 17.2. The van der Waals surface area contributed by atoms with Gasteiger partial charge in [-0.05, 0) is 46.6 Å². The highest BCUT2D eigenvalue weighted by Gasteiger charge is 2.34. The molecule has 1 heterocycles. The Kier molecular flexibility index (Phi) is 6.22. The maximum absolute atomic E-state index is 5.83. The Morgan fingerprint density at radius 1 is 1.05 bits per heavy atom. The minimum absolute atomic E-state index is 0.115. The maximum atomic E-state index is 5.83. The summed E-state index contributed by atoms with van der Waals surface area (Å²) in [4.78, 5) is 0. The molecule has 0 radical (unpaired) electrons. The van der Waals surface area contributed by atoms with E-state index in [0.29, 0.717) is 0 Å². The van der Waals surface area contributed by atoms with Gasteiger partial charge in [0.15, 0.2) is 5.79 Å². The summed E-state index contributed by atoms with van der Waals surface area (Å²) in [6.07, 6.45) is 10.7. The first-order valence-electron chi connectivity index (χ1n) is 7.49. The summed E-state index contributed by atoms with van der Waals surface area (Å²) >= 11 is 0. The standard InChI is InChI=1S/C18H30O2/c1-15(2)9-7-10-16(3)11-8-12-18(6)19-13-17(4,5)14-20-18/h8-9,11-12H,7,10,13-14H2,1-6H3. The van der Waals surface area contributed by atoms with Crippen molar-refractivity contribution in [1.29, 1.82) is 0 Å². The zero-order valence-electron chi connectivity index (χ0n) is 14.0. The molecule has 0 spiro atoms. The van der Waals surface area contributed by atoms with E-state index in [4.69, 9.17) is 9.47 Å². The van der Waals surface area contributed by atoms with E-state index < -0.39 is 5.79 Å². The Labute approximate surface area is 124 Å². The molecule has 2 nitrogen and oxygen atoms in total. The smallest absolute Gasteiger partial charge is 0.185 e. The molecule has 1 fully saturated rings. The minimum Gasteiger partial charge on any atom is -0.346 e. The van der Waals surface area contributed by atoms with Crippen molar-refractivity contribution in [3.63, 3.8) is 0 Å². The average Bonchev–Trinajstić information content (AvgIpc) is 2.33. The highest BCUT2D eigenvalue weighted by molar-refractivity contribution is 5.14. The van der Waals surface area contributed by atoms with Crippen molar-refractivity contribution in [2.45, 2.75) is 60.2 Å². The molecule has 1 rings (SSSR count). The lowest BCUT2D eigenvalue weighted by molar-refractivity contribution is -0.262. The molecule has 0 unspecified atom stereocenters. The summed E-state index contributed by atoms with van der Waals surface area (Å²) in [5, 5.41) is 0. The number of rotatable bonds is 5. The van der Waals surface area contributed by atoms with Crippen LogP contribution >= 0.6 is 0 Å². The first-order chi connectivity index (χ1) is 9.22. The van der Waals surface area contributed by atoms with Crippen molar-refractivity contribution in [2.24, 2.45) is 5.41 Å². The second kappa shape index (κ2) is 7.24. The molecular formula is C18H30O2. The zero-order valence-corrected chi connectivity index (χ0v) is 14.0. The van der Waals surface area contributed by atoms with Crippen molar-refractivity contribution < 1.29 is 9.47 Å². The van der Waals surface area contributed by atoms with Crippen LogP contribution in [-0.4, -0.2) is 19.0 Å². The average molecular weight is 278 g/mol. The largest absolute Gasteiger partial charge is 0.346 e. The molecule has 0 N–H and O–H groups in total. The SMILES string of the molecule is CC(C)=CCCC(C)=CC=CC1(C)OCC(C)(C)CO1. The van der Waals surface area contributed by atoms with Crippen LogP contribution in [0.15, 0.2) is 35.5 Å². The van der Waals surface area contributed by atoms with E-state index in [9.17, 15) is 0 Å².